The Morgan fingerprint density at radius 2 is 2.54 bits per heavy atom. The van der Waals surface area contributed by atoms with Gasteiger partial charge in [-0.05, 0) is 6.92 Å². The molecule has 0 aromatic rings. The summed E-state index contributed by atoms with van der Waals surface area (Å²) in [6, 6.07) is 2.04. The minimum Gasteiger partial charge on any atom is -0.464 e. The number of hydrogen-bond acceptors (Lipinski definition) is 4. The van der Waals surface area contributed by atoms with Crippen molar-refractivity contribution in [2.24, 2.45) is 0 Å². The van der Waals surface area contributed by atoms with Crippen molar-refractivity contribution in [1.29, 1.82) is 5.26 Å². The van der Waals surface area contributed by atoms with E-state index in [0.29, 0.717) is 18.8 Å². The molecule has 0 saturated heterocycles. The Morgan fingerprint density at radius 3 is 3.00 bits per heavy atom. The molecule has 0 aromatic carbocycles. The number of carbonyl (C=O) groups excluding carboxylic acids is 1. The van der Waals surface area contributed by atoms with Crippen LogP contribution in [-0.2, 0) is 9.53 Å². The number of thioether (sulfide) groups is 1. The summed E-state index contributed by atoms with van der Waals surface area (Å²) in [5.74, 6) is 0.290. The van der Waals surface area contributed by atoms with Crippen LogP contribution in [0.1, 0.15) is 13.3 Å². The van der Waals surface area contributed by atoms with Gasteiger partial charge in [-0.25, -0.2) is 4.79 Å². The summed E-state index contributed by atoms with van der Waals surface area (Å²) < 4.78 is 3.86. The van der Waals surface area contributed by atoms with Gasteiger partial charge in [-0.3, -0.25) is 0 Å². The number of esters is 1. The first-order chi connectivity index (χ1) is 6.25. The van der Waals surface area contributed by atoms with Crippen LogP contribution in [0.2, 0.25) is 0 Å². The number of allylic oxidation sites excluding steroid dienone is 1. The van der Waals surface area contributed by atoms with Gasteiger partial charge in [0.1, 0.15) is 0 Å². The molecule has 1 aliphatic rings. The first-order valence-corrected chi connectivity index (χ1v) is 5.11. The average molecular weight is 197 g/mol. The number of ether oxygens (including phenoxy) is 1. The van der Waals surface area contributed by atoms with Crippen LogP contribution >= 0.6 is 11.8 Å². The lowest BCUT2D eigenvalue weighted by atomic mass is 10.1. The van der Waals surface area contributed by atoms with E-state index in [1.54, 1.807) is 6.92 Å². The highest BCUT2D eigenvalue weighted by atomic mass is 32.2. The molecule has 1 atom stereocenters. The smallest absolute Gasteiger partial charge is 0.337 e. The van der Waals surface area contributed by atoms with E-state index in [4.69, 9.17) is 10.00 Å². The second kappa shape index (κ2) is 4.33. The fourth-order valence-corrected chi connectivity index (χ4v) is 2.05. The summed E-state index contributed by atoms with van der Waals surface area (Å²) in [7, 11) is 0. The quantitative estimate of drug-likeness (QED) is 0.497. The fourth-order valence-electron chi connectivity index (χ4n) is 1.08. The molecular weight excluding hydrogens is 186 g/mol. The van der Waals surface area contributed by atoms with E-state index in [1.165, 1.54) is 11.8 Å². The van der Waals surface area contributed by atoms with Crippen LogP contribution < -0.4 is 0 Å². The molecule has 0 saturated carbocycles. The number of nitriles is 1. The predicted octanol–water partition coefficient (Wildman–Crippen LogP) is 1.50. The van der Waals surface area contributed by atoms with Crippen molar-refractivity contribution >= 4 is 17.7 Å². The lowest BCUT2D eigenvalue weighted by molar-refractivity contribution is -0.144. The third-order valence-electron chi connectivity index (χ3n) is 1.78. The molecular formula is C9H11NO2S. The van der Waals surface area contributed by atoms with E-state index in [-0.39, 0.29) is 0 Å². The van der Waals surface area contributed by atoms with Gasteiger partial charge in [-0.2, -0.15) is 5.26 Å². The molecule has 0 aromatic heterocycles. The van der Waals surface area contributed by atoms with E-state index in [1.807, 2.05) is 18.2 Å². The molecule has 1 heterocycles. The zero-order chi connectivity index (χ0) is 9.73. The minimum absolute atomic E-state index is 0.326. The van der Waals surface area contributed by atoms with Gasteiger partial charge in [0.05, 0.1) is 12.7 Å². The number of carbonyl (C=O) groups is 1. The molecule has 1 rings (SSSR count). The maximum atomic E-state index is 11.5. The molecule has 1 unspecified atom stereocenters. The van der Waals surface area contributed by atoms with Gasteiger partial charge < -0.3 is 4.74 Å². The Hall–Kier alpha value is -0.950. The summed E-state index contributed by atoms with van der Waals surface area (Å²) in [6.07, 6.45) is 4.27. The minimum atomic E-state index is -0.995. The van der Waals surface area contributed by atoms with Crippen molar-refractivity contribution in [3.8, 4) is 6.07 Å². The topological polar surface area (TPSA) is 50.1 Å². The van der Waals surface area contributed by atoms with E-state index in [0.717, 1.165) is 0 Å². The van der Waals surface area contributed by atoms with Crippen molar-refractivity contribution in [1.82, 2.24) is 0 Å². The van der Waals surface area contributed by atoms with Crippen molar-refractivity contribution in [2.75, 3.05) is 12.4 Å². The molecule has 13 heavy (non-hydrogen) atoms. The first kappa shape index (κ1) is 10.1. The maximum absolute atomic E-state index is 11.5. The second-order valence-electron chi connectivity index (χ2n) is 2.65. The molecule has 0 fully saturated rings. The summed E-state index contributed by atoms with van der Waals surface area (Å²) >= 11 is 1.34. The van der Waals surface area contributed by atoms with Crippen molar-refractivity contribution < 1.29 is 9.53 Å². The van der Waals surface area contributed by atoms with Crippen LogP contribution in [0.15, 0.2) is 12.2 Å². The monoisotopic (exact) mass is 197 g/mol. The lowest BCUT2D eigenvalue weighted by Crippen LogP contribution is -2.36. The van der Waals surface area contributed by atoms with Crippen LogP contribution in [0, 0.1) is 11.3 Å². The highest BCUT2D eigenvalue weighted by Crippen LogP contribution is 2.33. The molecule has 0 spiro atoms. The van der Waals surface area contributed by atoms with Crippen LogP contribution in [0.25, 0.3) is 0 Å². The summed E-state index contributed by atoms with van der Waals surface area (Å²) in [5, 5.41) is 8.93. The molecule has 0 bridgehead atoms. The third kappa shape index (κ3) is 2.04. The molecule has 0 amide bonds. The van der Waals surface area contributed by atoms with Gasteiger partial charge >= 0.3 is 5.97 Å². The van der Waals surface area contributed by atoms with Gasteiger partial charge in [-0.15, -0.1) is 11.8 Å². The second-order valence-corrected chi connectivity index (χ2v) is 3.96. The van der Waals surface area contributed by atoms with E-state index >= 15 is 0 Å². The normalized spacial score (nSPS) is 26.5. The SMILES string of the molecule is CCOC(=O)C1(C#N)CC=CCS1. The summed E-state index contributed by atoms with van der Waals surface area (Å²) in [5.41, 5.74) is 0. The Bertz CT molecular complexity index is 269. The highest BCUT2D eigenvalue weighted by Gasteiger charge is 2.40. The van der Waals surface area contributed by atoms with Gasteiger partial charge in [-0.1, -0.05) is 12.2 Å². The van der Waals surface area contributed by atoms with E-state index in [2.05, 4.69) is 0 Å². The maximum Gasteiger partial charge on any atom is 0.337 e. The third-order valence-corrected chi connectivity index (χ3v) is 3.06. The highest BCUT2D eigenvalue weighted by molar-refractivity contribution is 8.01. The van der Waals surface area contributed by atoms with Gasteiger partial charge in [0.25, 0.3) is 0 Å². The van der Waals surface area contributed by atoms with Crippen LogP contribution in [0.4, 0.5) is 0 Å². The van der Waals surface area contributed by atoms with E-state index < -0.39 is 10.7 Å². The van der Waals surface area contributed by atoms with Gasteiger partial charge in [0.15, 0.2) is 0 Å². The Balaban J connectivity index is 2.76. The molecule has 4 heteroatoms. The molecule has 1 aliphatic heterocycles. The van der Waals surface area contributed by atoms with Crippen molar-refractivity contribution in [3.05, 3.63) is 12.2 Å². The van der Waals surface area contributed by atoms with Gasteiger partial charge in [0.2, 0.25) is 4.75 Å². The largest absolute Gasteiger partial charge is 0.464 e. The van der Waals surface area contributed by atoms with E-state index in [9.17, 15) is 4.79 Å². The summed E-state index contributed by atoms with van der Waals surface area (Å²) in [6.45, 7) is 2.07. The molecule has 0 aliphatic carbocycles. The molecule has 0 radical (unpaired) electrons. The Labute approximate surface area is 81.8 Å². The zero-order valence-corrected chi connectivity index (χ0v) is 8.26. The number of rotatable bonds is 2. The predicted molar refractivity (Wildman–Crippen MR) is 51.2 cm³/mol. The van der Waals surface area contributed by atoms with Gasteiger partial charge in [0, 0.05) is 12.2 Å². The average Bonchev–Trinajstić information content (AvgIpc) is 2.19. The molecule has 3 nitrogen and oxygen atoms in total. The lowest BCUT2D eigenvalue weighted by Gasteiger charge is -2.24. The zero-order valence-electron chi connectivity index (χ0n) is 7.45. The standard InChI is InChI=1S/C9H11NO2S/c1-2-12-8(11)9(7-10)5-3-4-6-13-9/h3-4H,2,5-6H2,1H3. The van der Waals surface area contributed by atoms with Crippen LogP contribution in [-0.4, -0.2) is 23.1 Å². The van der Waals surface area contributed by atoms with Crippen molar-refractivity contribution in [3.63, 3.8) is 0 Å². The van der Waals surface area contributed by atoms with Crippen LogP contribution in [0.3, 0.4) is 0 Å². The Morgan fingerprint density at radius 1 is 1.77 bits per heavy atom. The van der Waals surface area contributed by atoms with Crippen molar-refractivity contribution in [2.45, 2.75) is 18.1 Å². The number of nitrogens with zero attached hydrogens (tertiary/aromatic N) is 1. The molecule has 70 valence electrons. The fraction of sp³-hybridized carbons (Fsp3) is 0.556. The number of hydrogen-bond donors (Lipinski definition) is 0. The first-order valence-electron chi connectivity index (χ1n) is 4.12. The summed E-state index contributed by atoms with van der Waals surface area (Å²) in [4.78, 5) is 11.5. The molecule has 0 N–H and O–H groups in total. The van der Waals surface area contributed by atoms with Crippen LogP contribution in [0.5, 0.6) is 0 Å². The Kier molecular flexibility index (Phi) is 3.38.